The van der Waals surface area contributed by atoms with Crippen LogP contribution >= 0.6 is 11.8 Å². The minimum atomic E-state index is -0.556. The Morgan fingerprint density at radius 1 is 1.26 bits per heavy atom. The van der Waals surface area contributed by atoms with E-state index in [1.807, 2.05) is 11.9 Å². The molecular formula is C12H15N3O3S. The number of aromatic nitrogens is 2. The molecule has 0 radical (unpaired) electrons. The van der Waals surface area contributed by atoms with Crippen molar-refractivity contribution in [2.75, 3.05) is 19.3 Å². The molecule has 102 valence electrons. The molecule has 0 amide bonds. The highest BCUT2D eigenvalue weighted by Gasteiger charge is 2.14. The monoisotopic (exact) mass is 281 g/mol. The summed E-state index contributed by atoms with van der Waals surface area (Å²) in [6.07, 6.45) is 1.43. The molecule has 1 aliphatic heterocycles. The first-order valence-electron chi connectivity index (χ1n) is 5.73. The van der Waals surface area contributed by atoms with Gasteiger partial charge in [0.05, 0.1) is 0 Å². The summed E-state index contributed by atoms with van der Waals surface area (Å²) in [6.45, 7) is 0.929. The molecule has 1 aliphatic rings. The summed E-state index contributed by atoms with van der Waals surface area (Å²) in [7, 11) is 4.73. The van der Waals surface area contributed by atoms with Crippen molar-refractivity contribution in [3.63, 3.8) is 0 Å². The molecule has 1 N–H and O–H groups in total. The first kappa shape index (κ1) is 13.6. The normalized spacial score (nSPS) is 14.7. The van der Waals surface area contributed by atoms with Crippen LogP contribution in [0.25, 0.3) is 6.08 Å². The van der Waals surface area contributed by atoms with E-state index in [0.29, 0.717) is 0 Å². The van der Waals surface area contributed by atoms with Crippen molar-refractivity contribution in [2.45, 2.75) is 0 Å². The third-order valence-corrected chi connectivity index (χ3v) is 4.11. The topological polar surface area (TPSA) is 67.5 Å². The molecule has 2 rings (SSSR count). The molecule has 0 unspecified atom stereocenters. The zero-order chi connectivity index (χ0) is 14.2. The van der Waals surface area contributed by atoms with Crippen LogP contribution < -0.4 is 11.2 Å². The molecule has 0 bridgehead atoms. The largest absolute Gasteiger partial charge is 0.494 e. The highest BCUT2D eigenvalue weighted by molar-refractivity contribution is 8.03. The van der Waals surface area contributed by atoms with Gasteiger partial charge >= 0.3 is 5.69 Å². The van der Waals surface area contributed by atoms with E-state index < -0.39 is 11.2 Å². The SMILES string of the molecule is CN1CCSC1=C=Cc1c(O)n(C)c(=O)n(C)c1=O. The van der Waals surface area contributed by atoms with Gasteiger partial charge in [-0.1, -0.05) is 17.5 Å². The van der Waals surface area contributed by atoms with Crippen molar-refractivity contribution in [2.24, 2.45) is 14.1 Å². The summed E-state index contributed by atoms with van der Waals surface area (Å²) in [4.78, 5) is 25.5. The highest BCUT2D eigenvalue weighted by atomic mass is 32.2. The lowest BCUT2D eigenvalue weighted by Crippen LogP contribution is -2.37. The number of nitrogens with zero attached hydrogens (tertiary/aromatic N) is 3. The maximum atomic E-state index is 11.9. The van der Waals surface area contributed by atoms with Crippen LogP contribution in [-0.2, 0) is 14.1 Å². The molecular weight excluding hydrogens is 266 g/mol. The van der Waals surface area contributed by atoms with E-state index in [4.69, 9.17) is 0 Å². The Hall–Kier alpha value is -1.85. The van der Waals surface area contributed by atoms with Gasteiger partial charge in [0.15, 0.2) is 0 Å². The lowest BCUT2D eigenvalue weighted by Gasteiger charge is -2.08. The third kappa shape index (κ3) is 2.34. The van der Waals surface area contributed by atoms with Crippen LogP contribution in [0.3, 0.4) is 0 Å². The molecule has 0 atom stereocenters. The lowest BCUT2D eigenvalue weighted by molar-refractivity contribution is 0.410. The Bertz CT molecular complexity index is 695. The van der Waals surface area contributed by atoms with Gasteiger partial charge in [0.1, 0.15) is 10.6 Å². The average molecular weight is 281 g/mol. The fourth-order valence-electron chi connectivity index (χ4n) is 1.76. The van der Waals surface area contributed by atoms with Crippen molar-refractivity contribution in [1.29, 1.82) is 0 Å². The van der Waals surface area contributed by atoms with Gasteiger partial charge in [0.2, 0.25) is 5.88 Å². The quantitative estimate of drug-likeness (QED) is 0.729. The van der Waals surface area contributed by atoms with Crippen molar-refractivity contribution in [3.8, 4) is 5.88 Å². The van der Waals surface area contributed by atoms with Crippen LogP contribution in [0.2, 0.25) is 0 Å². The van der Waals surface area contributed by atoms with E-state index in [1.54, 1.807) is 11.8 Å². The van der Waals surface area contributed by atoms with E-state index in [2.05, 4.69) is 5.73 Å². The first-order valence-corrected chi connectivity index (χ1v) is 6.71. The van der Waals surface area contributed by atoms with E-state index in [0.717, 1.165) is 26.5 Å². The Kier molecular flexibility index (Phi) is 3.59. The molecule has 6 nitrogen and oxygen atoms in total. The number of thioether (sulfide) groups is 1. The summed E-state index contributed by atoms with van der Waals surface area (Å²) in [5.41, 5.74) is 1.98. The second-order valence-corrected chi connectivity index (χ2v) is 5.39. The molecule has 1 aromatic rings. The van der Waals surface area contributed by atoms with Gasteiger partial charge in [0, 0.05) is 39.5 Å². The maximum absolute atomic E-state index is 11.9. The molecule has 7 heteroatoms. The molecule has 1 aromatic heterocycles. The Balaban J connectivity index is 2.62. The highest BCUT2D eigenvalue weighted by Crippen LogP contribution is 2.25. The fraction of sp³-hybridized carbons (Fsp3) is 0.417. The van der Waals surface area contributed by atoms with Gasteiger partial charge in [-0.3, -0.25) is 13.9 Å². The Morgan fingerprint density at radius 3 is 2.53 bits per heavy atom. The molecule has 2 heterocycles. The Labute approximate surface area is 114 Å². The first-order chi connectivity index (χ1) is 8.93. The minimum absolute atomic E-state index is 0.0676. The van der Waals surface area contributed by atoms with Gasteiger partial charge < -0.3 is 10.0 Å². The Morgan fingerprint density at radius 2 is 1.95 bits per heavy atom. The second kappa shape index (κ2) is 5.03. The van der Waals surface area contributed by atoms with Gasteiger partial charge in [-0.25, -0.2) is 4.79 Å². The molecule has 1 fully saturated rings. The van der Waals surface area contributed by atoms with E-state index in [-0.39, 0.29) is 11.4 Å². The smallest absolute Gasteiger partial charge is 0.333 e. The lowest BCUT2D eigenvalue weighted by atomic mass is 10.3. The number of rotatable bonds is 1. The molecule has 0 spiro atoms. The van der Waals surface area contributed by atoms with Crippen LogP contribution in [0, 0.1) is 0 Å². The zero-order valence-corrected chi connectivity index (χ0v) is 11.8. The number of aromatic hydroxyl groups is 1. The minimum Gasteiger partial charge on any atom is -0.494 e. The van der Waals surface area contributed by atoms with Crippen LogP contribution in [0.1, 0.15) is 5.56 Å². The van der Waals surface area contributed by atoms with Gasteiger partial charge in [-0.2, -0.15) is 0 Å². The number of hydrogen-bond donors (Lipinski definition) is 1. The standard InChI is InChI=1S/C12H15N3O3S/c1-13-6-7-19-9(13)5-4-8-10(16)14(2)12(18)15(3)11(8)17/h4,16H,6-7H2,1-3H3. The van der Waals surface area contributed by atoms with Gasteiger partial charge in [0.25, 0.3) is 5.56 Å². The average Bonchev–Trinajstić information content (AvgIpc) is 2.80. The van der Waals surface area contributed by atoms with Crippen LogP contribution in [-0.4, -0.2) is 38.5 Å². The van der Waals surface area contributed by atoms with E-state index in [9.17, 15) is 14.7 Å². The van der Waals surface area contributed by atoms with Gasteiger partial charge in [-0.15, -0.1) is 0 Å². The molecule has 19 heavy (non-hydrogen) atoms. The molecule has 1 saturated heterocycles. The van der Waals surface area contributed by atoms with Crippen LogP contribution in [0.4, 0.5) is 0 Å². The summed E-state index contributed by atoms with van der Waals surface area (Å²) in [5.74, 6) is 0.635. The van der Waals surface area contributed by atoms with Crippen molar-refractivity contribution in [1.82, 2.24) is 14.0 Å². The van der Waals surface area contributed by atoms with Crippen LogP contribution in [0.5, 0.6) is 5.88 Å². The van der Waals surface area contributed by atoms with Crippen molar-refractivity contribution < 1.29 is 5.11 Å². The zero-order valence-electron chi connectivity index (χ0n) is 11.0. The van der Waals surface area contributed by atoms with Crippen molar-refractivity contribution in [3.05, 3.63) is 37.2 Å². The molecule has 0 aromatic carbocycles. The van der Waals surface area contributed by atoms with Crippen LogP contribution in [0.15, 0.2) is 20.3 Å². The third-order valence-electron chi connectivity index (χ3n) is 3.02. The molecule has 0 saturated carbocycles. The predicted octanol–water partition coefficient (Wildman–Crippen LogP) is -0.0783. The second-order valence-electron chi connectivity index (χ2n) is 4.31. The summed E-state index contributed by atoms with van der Waals surface area (Å²) in [6, 6.07) is 0. The van der Waals surface area contributed by atoms with E-state index >= 15 is 0 Å². The molecule has 0 aliphatic carbocycles. The summed E-state index contributed by atoms with van der Waals surface area (Å²) in [5, 5.41) is 10.8. The van der Waals surface area contributed by atoms with Gasteiger partial charge in [-0.05, 0) is 0 Å². The van der Waals surface area contributed by atoms with E-state index in [1.165, 1.54) is 20.2 Å². The fourth-order valence-corrected chi connectivity index (χ4v) is 2.77. The van der Waals surface area contributed by atoms with Crippen molar-refractivity contribution >= 4 is 17.8 Å². The predicted molar refractivity (Wildman–Crippen MR) is 75.2 cm³/mol. The summed E-state index contributed by atoms with van der Waals surface area (Å²) < 4.78 is 1.99. The summed E-state index contributed by atoms with van der Waals surface area (Å²) >= 11 is 1.63. The number of hydrogen-bond acceptors (Lipinski definition) is 5. The maximum Gasteiger partial charge on any atom is 0.333 e.